The third-order valence-corrected chi connectivity index (χ3v) is 5.68. The van der Waals surface area contributed by atoms with Crippen molar-refractivity contribution in [2.45, 2.75) is 32.6 Å². The van der Waals surface area contributed by atoms with Gasteiger partial charge < -0.3 is 10.1 Å². The summed E-state index contributed by atoms with van der Waals surface area (Å²) in [6.07, 6.45) is -2.86. The van der Waals surface area contributed by atoms with E-state index in [0.717, 1.165) is 23.0 Å². The number of hydrogen-bond donors (Lipinski definition) is 1. The molecule has 0 spiro atoms. The molecule has 0 saturated carbocycles. The van der Waals surface area contributed by atoms with Crippen molar-refractivity contribution < 1.29 is 22.7 Å². The normalized spacial score (nSPS) is 20.4. The average Bonchev–Trinajstić information content (AvgIpc) is 2.86. The van der Waals surface area contributed by atoms with E-state index in [4.69, 9.17) is 21.6 Å². The first-order valence-electron chi connectivity index (χ1n) is 9.92. The van der Waals surface area contributed by atoms with Gasteiger partial charge in [0.15, 0.2) is 5.69 Å². The molecule has 0 radical (unpaired) electrons. The molecule has 1 aliphatic rings. The molecule has 3 atom stereocenters. The van der Waals surface area contributed by atoms with E-state index in [9.17, 15) is 28.0 Å². The van der Waals surface area contributed by atoms with Gasteiger partial charge in [0.2, 0.25) is 5.75 Å². The average molecular weight is 492 g/mol. The molecule has 2 heterocycles. The Morgan fingerprint density at radius 3 is 2.53 bits per heavy atom. The van der Waals surface area contributed by atoms with Crippen molar-refractivity contribution in [3.05, 3.63) is 62.8 Å². The summed E-state index contributed by atoms with van der Waals surface area (Å²) in [6, 6.07) is 6.79. The highest BCUT2D eigenvalue weighted by atomic mass is 35.5. The molecule has 8 nitrogen and oxygen atoms in total. The highest BCUT2D eigenvalue weighted by Crippen LogP contribution is 2.35. The molecule has 2 aromatic rings. The minimum Gasteiger partial charge on any atom is -0.449 e. The second kappa shape index (κ2) is 9.57. The first-order chi connectivity index (χ1) is 15.9. The van der Waals surface area contributed by atoms with Crippen molar-refractivity contribution >= 4 is 17.5 Å². The number of halogens is 4. The molecule has 3 unspecified atom stereocenters. The highest BCUT2D eigenvalue weighted by molar-refractivity contribution is 6.30. The van der Waals surface area contributed by atoms with Gasteiger partial charge in [-0.25, -0.2) is 4.98 Å². The van der Waals surface area contributed by atoms with Crippen molar-refractivity contribution in [1.29, 1.82) is 10.5 Å². The summed E-state index contributed by atoms with van der Waals surface area (Å²) < 4.78 is 47.0. The van der Waals surface area contributed by atoms with E-state index in [-0.39, 0.29) is 40.4 Å². The molecule has 34 heavy (non-hydrogen) atoms. The van der Waals surface area contributed by atoms with Crippen LogP contribution in [0.4, 0.5) is 13.2 Å². The largest absolute Gasteiger partial charge is 0.449 e. The number of amides is 1. The zero-order valence-corrected chi connectivity index (χ0v) is 18.6. The zero-order chi connectivity index (χ0) is 25.2. The predicted molar refractivity (Wildman–Crippen MR) is 114 cm³/mol. The first-order valence-corrected chi connectivity index (χ1v) is 10.3. The quantitative estimate of drug-likeness (QED) is 0.694. The second-order valence-electron chi connectivity index (χ2n) is 7.74. The van der Waals surface area contributed by atoms with E-state index in [1.807, 2.05) is 0 Å². The van der Waals surface area contributed by atoms with E-state index in [1.54, 1.807) is 26.0 Å². The maximum atomic E-state index is 13.6. The van der Waals surface area contributed by atoms with Crippen LogP contribution in [-0.4, -0.2) is 21.5 Å². The molecular weight excluding hydrogens is 475 g/mol. The lowest BCUT2D eigenvalue weighted by Crippen LogP contribution is -2.38. The van der Waals surface area contributed by atoms with E-state index >= 15 is 0 Å². The number of carbonyl (C=O) groups excluding carboxylic acids is 1. The van der Waals surface area contributed by atoms with Gasteiger partial charge in [0.05, 0.1) is 18.0 Å². The van der Waals surface area contributed by atoms with E-state index in [2.05, 4.69) is 10.3 Å². The number of carbonyl (C=O) groups is 1. The summed E-state index contributed by atoms with van der Waals surface area (Å²) in [5.41, 5.74) is -2.81. The third kappa shape index (κ3) is 5.21. The van der Waals surface area contributed by atoms with Gasteiger partial charge in [-0.2, -0.15) is 23.7 Å². The van der Waals surface area contributed by atoms with Crippen LogP contribution in [-0.2, 0) is 17.5 Å². The Hall–Kier alpha value is -3.83. The van der Waals surface area contributed by atoms with E-state index in [1.165, 1.54) is 12.1 Å². The van der Waals surface area contributed by atoms with Gasteiger partial charge in [-0.05, 0) is 31.0 Å². The fourth-order valence-corrected chi connectivity index (χ4v) is 3.69. The summed E-state index contributed by atoms with van der Waals surface area (Å²) in [5.74, 6) is -2.72. The van der Waals surface area contributed by atoms with Crippen LogP contribution < -0.4 is 15.6 Å². The topological polar surface area (TPSA) is 121 Å². The van der Waals surface area contributed by atoms with Gasteiger partial charge in [0.25, 0.3) is 11.5 Å². The Bertz CT molecular complexity index is 1310. The second-order valence-corrected chi connectivity index (χ2v) is 8.18. The third-order valence-electron chi connectivity index (χ3n) is 5.46. The Kier molecular flexibility index (Phi) is 6.99. The number of nitrogens with one attached hydrogen (secondary N) is 1. The van der Waals surface area contributed by atoms with Crippen molar-refractivity contribution in [2.75, 3.05) is 0 Å². The molecule has 0 bridgehead atoms. The molecule has 1 amide bonds. The van der Waals surface area contributed by atoms with Crippen LogP contribution in [0.25, 0.3) is 0 Å². The minimum absolute atomic E-state index is 0.0212. The smallest absolute Gasteiger partial charge is 0.437 e. The lowest BCUT2D eigenvalue weighted by molar-refractivity contribution is -0.142. The lowest BCUT2D eigenvalue weighted by atomic mass is 9.88. The maximum Gasteiger partial charge on any atom is 0.437 e. The molecule has 0 fully saturated rings. The summed E-state index contributed by atoms with van der Waals surface area (Å²) in [6.45, 7) is 3.34. The molecule has 3 rings (SSSR count). The number of rotatable bonds is 4. The SMILES string of the molecule is CC1NC(=O)C(C#N)=CC(Cn2cnc(C(F)(F)F)c(Oc3cc(Cl)cc(C#N)c3)c2=O)C1C. The van der Waals surface area contributed by atoms with E-state index < -0.39 is 35.0 Å². The molecule has 1 aliphatic heterocycles. The molecule has 1 N–H and O–H groups in total. The first kappa shape index (κ1) is 24.8. The van der Waals surface area contributed by atoms with Crippen LogP contribution in [0.1, 0.15) is 25.1 Å². The van der Waals surface area contributed by atoms with Crippen molar-refractivity contribution in [3.63, 3.8) is 0 Å². The number of nitrogens with zero attached hydrogens (tertiary/aromatic N) is 4. The maximum absolute atomic E-state index is 13.6. The number of allylic oxidation sites excluding steroid dienone is 1. The Morgan fingerprint density at radius 2 is 1.91 bits per heavy atom. The molecule has 12 heteroatoms. The fourth-order valence-electron chi connectivity index (χ4n) is 3.46. The molecule has 1 aromatic carbocycles. The summed E-state index contributed by atoms with van der Waals surface area (Å²) in [5, 5.41) is 21.0. The number of hydrogen-bond acceptors (Lipinski definition) is 6. The standard InChI is InChI=1S/C22H17ClF3N5O3/c1-11-12(2)30-20(32)14(8-28)5-15(11)9-31-10-29-19(22(24,25)26)18(21(31)33)34-17-4-13(7-27)3-16(23)6-17/h3-6,10-12,15H,9H2,1-2H3,(H,30,32). The molecule has 0 aliphatic carbocycles. The molecule has 1 aromatic heterocycles. The van der Waals surface area contributed by atoms with Crippen molar-refractivity contribution in [2.24, 2.45) is 11.8 Å². The predicted octanol–water partition coefficient (Wildman–Crippen LogP) is 3.80. The van der Waals surface area contributed by atoms with Crippen molar-refractivity contribution in [1.82, 2.24) is 14.9 Å². The van der Waals surface area contributed by atoms with Crippen LogP contribution in [0.5, 0.6) is 11.5 Å². The van der Waals surface area contributed by atoms with Crippen LogP contribution in [0.2, 0.25) is 5.02 Å². The summed E-state index contributed by atoms with van der Waals surface area (Å²) >= 11 is 5.89. The zero-order valence-electron chi connectivity index (χ0n) is 17.9. The number of benzene rings is 1. The van der Waals surface area contributed by atoms with Gasteiger partial charge in [0.1, 0.15) is 17.4 Å². The van der Waals surface area contributed by atoms with Gasteiger partial charge in [-0.1, -0.05) is 24.6 Å². The molecule has 0 saturated heterocycles. The monoisotopic (exact) mass is 491 g/mol. The van der Waals surface area contributed by atoms with Crippen LogP contribution in [0.15, 0.2) is 41.0 Å². The number of alkyl halides is 3. The van der Waals surface area contributed by atoms with Gasteiger partial charge in [-0.3, -0.25) is 14.2 Å². The highest BCUT2D eigenvalue weighted by Gasteiger charge is 2.39. The summed E-state index contributed by atoms with van der Waals surface area (Å²) in [7, 11) is 0. The van der Waals surface area contributed by atoms with Crippen molar-refractivity contribution in [3.8, 4) is 23.6 Å². The molecule has 176 valence electrons. The number of aromatic nitrogens is 2. The number of nitriles is 2. The van der Waals surface area contributed by atoms with Crippen LogP contribution >= 0.6 is 11.6 Å². The Morgan fingerprint density at radius 1 is 1.21 bits per heavy atom. The lowest BCUT2D eigenvalue weighted by Gasteiger charge is -2.25. The van der Waals surface area contributed by atoms with Crippen LogP contribution in [0, 0.1) is 34.5 Å². The Labute approximate surface area is 196 Å². The Balaban J connectivity index is 2.09. The molecular formula is C22H17ClF3N5O3. The minimum atomic E-state index is -5.00. The van der Waals surface area contributed by atoms with Gasteiger partial charge >= 0.3 is 6.18 Å². The fraction of sp³-hybridized carbons (Fsp3) is 0.318. The van der Waals surface area contributed by atoms with Gasteiger partial charge in [0, 0.05) is 23.5 Å². The van der Waals surface area contributed by atoms with Gasteiger partial charge in [-0.15, -0.1) is 0 Å². The van der Waals surface area contributed by atoms with E-state index in [0.29, 0.717) is 0 Å². The summed E-state index contributed by atoms with van der Waals surface area (Å²) in [4.78, 5) is 28.6. The number of ether oxygens (including phenoxy) is 1. The van der Waals surface area contributed by atoms with Crippen LogP contribution in [0.3, 0.4) is 0 Å².